The molecule has 0 heterocycles. The Morgan fingerprint density at radius 3 is 2.16 bits per heavy atom. The molecule has 0 spiro atoms. The van der Waals surface area contributed by atoms with Crippen molar-refractivity contribution in [3.63, 3.8) is 0 Å². The zero-order chi connectivity index (χ0) is 15.1. The van der Waals surface area contributed by atoms with Crippen molar-refractivity contribution in [2.24, 2.45) is 0 Å². The Kier molecular flexibility index (Phi) is 6.87. The van der Waals surface area contributed by atoms with Crippen LogP contribution in [0.2, 0.25) is 0 Å². The maximum Gasteiger partial charge on any atom is 0.426 e. The zero-order valence-electron chi connectivity index (χ0n) is 10.0. The van der Waals surface area contributed by atoms with Gasteiger partial charge in [0.15, 0.2) is 0 Å². The maximum atomic E-state index is 12.5. The molecular weight excluding hydrogens is 273 g/mol. The van der Waals surface area contributed by atoms with Crippen LogP contribution in [0.4, 0.5) is 13.2 Å². The predicted molar refractivity (Wildman–Crippen MR) is 54.1 cm³/mol. The number of aliphatic carboxylic acids is 1. The highest BCUT2D eigenvalue weighted by molar-refractivity contribution is 5.77. The first-order chi connectivity index (χ1) is 8.66. The van der Waals surface area contributed by atoms with E-state index in [1.165, 1.54) is 6.92 Å². The summed E-state index contributed by atoms with van der Waals surface area (Å²) in [7, 11) is 0. The van der Waals surface area contributed by atoms with Crippen molar-refractivity contribution in [3.05, 3.63) is 0 Å². The van der Waals surface area contributed by atoms with E-state index in [1.54, 1.807) is 0 Å². The zero-order valence-corrected chi connectivity index (χ0v) is 10.0. The molecule has 0 aliphatic heterocycles. The van der Waals surface area contributed by atoms with Crippen molar-refractivity contribution < 1.29 is 42.1 Å². The van der Waals surface area contributed by atoms with E-state index in [1.807, 2.05) is 0 Å². The van der Waals surface area contributed by atoms with Gasteiger partial charge in [0, 0.05) is 0 Å². The molecule has 1 N–H and O–H groups in total. The van der Waals surface area contributed by atoms with Crippen LogP contribution in [0.25, 0.3) is 0 Å². The Morgan fingerprint density at radius 2 is 1.74 bits per heavy atom. The van der Waals surface area contributed by atoms with E-state index in [-0.39, 0.29) is 6.61 Å². The van der Waals surface area contributed by atoms with Crippen LogP contribution < -0.4 is 0 Å². The summed E-state index contributed by atoms with van der Waals surface area (Å²) >= 11 is 0. The van der Waals surface area contributed by atoms with Crippen LogP contribution in [0.15, 0.2) is 0 Å². The number of ether oxygens (including phenoxy) is 2. The molecule has 0 aliphatic rings. The van der Waals surface area contributed by atoms with Gasteiger partial charge in [0.25, 0.3) is 0 Å². The summed E-state index contributed by atoms with van der Waals surface area (Å²) in [6, 6.07) is 0. The lowest BCUT2D eigenvalue weighted by Gasteiger charge is -2.19. The van der Waals surface area contributed by atoms with Gasteiger partial charge in [-0.25, -0.2) is 0 Å². The summed E-state index contributed by atoms with van der Waals surface area (Å²) < 4.78 is 45.8. The van der Waals surface area contributed by atoms with E-state index in [2.05, 4.69) is 9.47 Å². The molecule has 0 rings (SSSR count). The van der Waals surface area contributed by atoms with Crippen LogP contribution in [-0.2, 0) is 23.9 Å². The first-order valence-electron chi connectivity index (χ1n) is 5.30. The fraction of sp³-hybridized carbons (Fsp3) is 0.700. The molecule has 0 aromatic carbocycles. The topological polar surface area (TPSA) is 89.9 Å². The summed E-state index contributed by atoms with van der Waals surface area (Å²) in [5.74, 6) is -3.84. The molecule has 0 aliphatic carbocycles. The average Bonchev–Trinajstić information content (AvgIpc) is 2.24. The lowest BCUT2D eigenvalue weighted by Crippen LogP contribution is -2.36. The number of carbonyl (C=O) groups excluding carboxylic acids is 2. The molecule has 0 aromatic heterocycles. The largest absolute Gasteiger partial charge is 0.481 e. The van der Waals surface area contributed by atoms with Crippen molar-refractivity contribution in [2.45, 2.75) is 38.5 Å². The van der Waals surface area contributed by atoms with Crippen molar-refractivity contribution in [1.82, 2.24) is 0 Å². The second-order valence-corrected chi connectivity index (χ2v) is 3.42. The smallest absolute Gasteiger partial charge is 0.426 e. The minimum Gasteiger partial charge on any atom is -0.481 e. The molecule has 110 valence electrons. The molecule has 1 unspecified atom stereocenters. The van der Waals surface area contributed by atoms with Gasteiger partial charge < -0.3 is 14.6 Å². The van der Waals surface area contributed by atoms with Crippen LogP contribution in [0.3, 0.4) is 0 Å². The van der Waals surface area contributed by atoms with Gasteiger partial charge in [0.1, 0.15) is 0 Å². The quantitative estimate of drug-likeness (QED) is 0.709. The Hall–Kier alpha value is -1.80. The molecule has 0 amide bonds. The molecule has 0 saturated carbocycles. The highest BCUT2D eigenvalue weighted by Crippen LogP contribution is 2.26. The highest BCUT2D eigenvalue weighted by Gasteiger charge is 2.44. The number of carboxylic acids is 1. The summed E-state index contributed by atoms with van der Waals surface area (Å²) in [4.78, 5) is 32.1. The molecule has 9 heteroatoms. The number of rotatable bonds is 7. The third-order valence-electron chi connectivity index (χ3n) is 1.84. The van der Waals surface area contributed by atoms with Gasteiger partial charge in [-0.15, -0.1) is 0 Å². The van der Waals surface area contributed by atoms with Crippen LogP contribution in [0.1, 0.15) is 26.2 Å². The number of alkyl halides is 3. The van der Waals surface area contributed by atoms with Gasteiger partial charge in [0.2, 0.25) is 6.10 Å². The Morgan fingerprint density at radius 1 is 1.16 bits per heavy atom. The number of carboxylic acid groups (broad SMARTS) is 1. The minimum atomic E-state index is -4.92. The number of halogens is 3. The summed E-state index contributed by atoms with van der Waals surface area (Å²) in [5, 5.41) is 8.27. The molecular formula is C10H13F3O6. The molecule has 19 heavy (non-hydrogen) atoms. The number of carbonyl (C=O) groups is 3. The molecule has 6 nitrogen and oxygen atoms in total. The molecule has 1 atom stereocenters. The van der Waals surface area contributed by atoms with E-state index < -0.39 is 49.5 Å². The second-order valence-electron chi connectivity index (χ2n) is 3.42. The first kappa shape index (κ1) is 17.2. The van der Waals surface area contributed by atoms with E-state index in [0.29, 0.717) is 0 Å². The standard InChI is InChI=1S/C10H13F3O6/c1-2-18-9(17)5-6(10(11,12)13)19-8(16)4-3-7(14)15/h6H,2-5H2,1H3,(H,14,15). The van der Waals surface area contributed by atoms with Crippen LogP contribution in [0, 0.1) is 0 Å². The monoisotopic (exact) mass is 286 g/mol. The lowest BCUT2D eigenvalue weighted by molar-refractivity contribution is -0.224. The lowest BCUT2D eigenvalue weighted by atomic mass is 10.2. The summed E-state index contributed by atoms with van der Waals surface area (Å²) in [6.45, 7) is 1.32. The average molecular weight is 286 g/mol. The number of hydrogen-bond acceptors (Lipinski definition) is 5. The first-order valence-corrected chi connectivity index (χ1v) is 5.30. The third kappa shape index (κ3) is 8.01. The Balaban J connectivity index is 4.48. The van der Waals surface area contributed by atoms with Crippen molar-refractivity contribution >= 4 is 17.9 Å². The fourth-order valence-corrected chi connectivity index (χ4v) is 1.02. The predicted octanol–water partition coefficient (Wildman–Crippen LogP) is 1.28. The SMILES string of the molecule is CCOC(=O)CC(OC(=O)CCC(=O)O)C(F)(F)F. The molecule has 0 saturated heterocycles. The summed E-state index contributed by atoms with van der Waals surface area (Å²) in [6.07, 6.45) is -10.1. The normalized spacial score (nSPS) is 12.6. The molecule has 0 fully saturated rings. The van der Waals surface area contributed by atoms with Gasteiger partial charge in [-0.2, -0.15) is 13.2 Å². The van der Waals surface area contributed by atoms with E-state index >= 15 is 0 Å². The highest BCUT2D eigenvalue weighted by atomic mass is 19.4. The van der Waals surface area contributed by atoms with Crippen LogP contribution in [0.5, 0.6) is 0 Å². The van der Waals surface area contributed by atoms with Gasteiger partial charge in [-0.05, 0) is 6.92 Å². The molecule has 0 bridgehead atoms. The molecule has 0 radical (unpaired) electrons. The fourth-order valence-electron chi connectivity index (χ4n) is 1.02. The summed E-state index contributed by atoms with van der Waals surface area (Å²) in [5.41, 5.74) is 0. The van der Waals surface area contributed by atoms with Crippen molar-refractivity contribution in [1.29, 1.82) is 0 Å². The van der Waals surface area contributed by atoms with Crippen molar-refractivity contribution in [3.8, 4) is 0 Å². The minimum absolute atomic E-state index is 0.101. The van der Waals surface area contributed by atoms with E-state index in [9.17, 15) is 27.6 Å². The number of hydrogen-bond donors (Lipinski definition) is 1. The van der Waals surface area contributed by atoms with Gasteiger partial charge >= 0.3 is 24.1 Å². The van der Waals surface area contributed by atoms with Gasteiger partial charge in [-0.3, -0.25) is 14.4 Å². The van der Waals surface area contributed by atoms with Crippen LogP contribution in [-0.4, -0.2) is 41.9 Å². The molecule has 0 aromatic rings. The Labute approximate surface area is 106 Å². The van der Waals surface area contributed by atoms with Gasteiger partial charge in [0.05, 0.1) is 25.9 Å². The van der Waals surface area contributed by atoms with E-state index in [4.69, 9.17) is 5.11 Å². The van der Waals surface area contributed by atoms with Gasteiger partial charge in [-0.1, -0.05) is 0 Å². The van der Waals surface area contributed by atoms with Crippen molar-refractivity contribution in [2.75, 3.05) is 6.61 Å². The third-order valence-corrected chi connectivity index (χ3v) is 1.84. The number of esters is 2. The maximum absolute atomic E-state index is 12.5. The second kappa shape index (κ2) is 7.59. The van der Waals surface area contributed by atoms with E-state index in [0.717, 1.165) is 0 Å². The van der Waals surface area contributed by atoms with Crippen LogP contribution >= 0.6 is 0 Å². The Bertz CT molecular complexity index is 339.